The normalized spacial score (nSPS) is 13.6. The molecule has 4 rings (SSSR count). The molecule has 1 heterocycles. The standard InChI is InChI=1S/C22H19N2O7PS2/c25-24(26)19-10-12-20(13-11-19)31-32(27,28)16-23(14-17-6-2-1-3-7-17)34(29,30)22-21-9-5-4-8-18(21)15-33-22/h1-13,15H,14,16H2,(H,27,28). The SMILES string of the molecule is O=[N+]([O-])c1ccc(OP(=O)(O)CN(Cc2ccccc2)S(=O)(=O)c2scc3ccccc23)cc1. The molecule has 3 aromatic carbocycles. The van der Waals surface area contributed by atoms with E-state index in [9.17, 15) is 28.0 Å². The van der Waals surface area contributed by atoms with Gasteiger partial charge in [-0.05, 0) is 28.5 Å². The van der Waals surface area contributed by atoms with Crippen molar-refractivity contribution in [1.29, 1.82) is 0 Å². The summed E-state index contributed by atoms with van der Waals surface area (Å²) in [5.41, 5.74) is 0.417. The summed E-state index contributed by atoms with van der Waals surface area (Å²) in [5.74, 6) is -0.0879. The van der Waals surface area contributed by atoms with Gasteiger partial charge in [0, 0.05) is 24.1 Å². The van der Waals surface area contributed by atoms with E-state index in [0.717, 1.165) is 33.2 Å². The maximum absolute atomic E-state index is 13.6. The third-order valence-electron chi connectivity index (χ3n) is 4.88. The molecule has 0 saturated carbocycles. The second-order valence-electron chi connectivity index (χ2n) is 7.33. The Balaban J connectivity index is 1.67. The summed E-state index contributed by atoms with van der Waals surface area (Å²) < 4.78 is 46.4. The first-order chi connectivity index (χ1) is 16.2. The van der Waals surface area contributed by atoms with E-state index in [0.29, 0.717) is 10.9 Å². The molecule has 0 radical (unpaired) electrons. The van der Waals surface area contributed by atoms with Crippen molar-refractivity contribution in [2.24, 2.45) is 0 Å². The first-order valence-electron chi connectivity index (χ1n) is 9.92. The van der Waals surface area contributed by atoms with Crippen molar-refractivity contribution in [2.45, 2.75) is 10.8 Å². The van der Waals surface area contributed by atoms with Gasteiger partial charge in [0.1, 0.15) is 16.2 Å². The van der Waals surface area contributed by atoms with Crippen molar-refractivity contribution >= 4 is 45.4 Å². The van der Waals surface area contributed by atoms with Crippen LogP contribution in [0.2, 0.25) is 0 Å². The van der Waals surface area contributed by atoms with Gasteiger partial charge in [-0.15, -0.1) is 11.3 Å². The average Bonchev–Trinajstić information content (AvgIpc) is 3.24. The molecule has 0 bridgehead atoms. The molecule has 1 aromatic heterocycles. The molecule has 0 amide bonds. The quantitative estimate of drug-likeness (QED) is 0.183. The Labute approximate surface area is 199 Å². The van der Waals surface area contributed by atoms with Gasteiger partial charge in [0.05, 0.1) is 4.92 Å². The summed E-state index contributed by atoms with van der Waals surface area (Å²) in [5, 5.41) is 13.8. The molecule has 1 unspecified atom stereocenters. The second-order valence-corrected chi connectivity index (χ2v) is 12.1. The van der Waals surface area contributed by atoms with Crippen LogP contribution in [0.4, 0.5) is 5.69 Å². The van der Waals surface area contributed by atoms with Crippen molar-refractivity contribution in [2.75, 3.05) is 6.29 Å². The smallest absolute Gasteiger partial charge is 0.391 e. The number of sulfonamides is 1. The van der Waals surface area contributed by atoms with Gasteiger partial charge >= 0.3 is 7.60 Å². The maximum Gasteiger partial charge on any atom is 0.391 e. The number of non-ortho nitro benzene ring substituents is 1. The lowest BCUT2D eigenvalue weighted by Gasteiger charge is -2.24. The third kappa shape index (κ3) is 5.35. The van der Waals surface area contributed by atoms with E-state index in [-0.39, 0.29) is 22.2 Å². The van der Waals surface area contributed by atoms with Crippen LogP contribution in [0.3, 0.4) is 0 Å². The predicted octanol–water partition coefficient (Wildman–Crippen LogP) is 5.22. The molecule has 34 heavy (non-hydrogen) atoms. The van der Waals surface area contributed by atoms with Gasteiger partial charge in [-0.1, -0.05) is 54.6 Å². The Kier molecular flexibility index (Phi) is 6.83. The van der Waals surface area contributed by atoms with Gasteiger partial charge < -0.3 is 9.42 Å². The van der Waals surface area contributed by atoms with Gasteiger partial charge in [0.15, 0.2) is 0 Å². The van der Waals surface area contributed by atoms with Crippen LogP contribution in [-0.2, 0) is 21.1 Å². The number of rotatable bonds is 9. The number of fused-ring (bicyclic) bond motifs is 1. The Hall–Kier alpha value is -3.08. The van der Waals surface area contributed by atoms with Crippen molar-refractivity contribution in [1.82, 2.24) is 4.31 Å². The number of nitro groups is 1. The average molecular weight is 519 g/mol. The summed E-state index contributed by atoms with van der Waals surface area (Å²) in [6, 6.07) is 20.3. The second kappa shape index (κ2) is 9.65. The molecular weight excluding hydrogens is 499 g/mol. The number of benzene rings is 3. The fourth-order valence-electron chi connectivity index (χ4n) is 3.30. The highest BCUT2D eigenvalue weighted by molar-refractivity contribution is 7.91. The Morgan fingerprint density at radius 2 is 1.65 bits per heavy atom. The minimum Gasteiger partial charge on any atom is -0.424 e. The third-order valence-corrected chi connectivity index (χ3v) is 9.62. The summed E-state index contributed by atoms with van der Waals surface area (Å²) in [6.45, 7) is -0.149. The van der Waals surface area contributed by atoms with Gasteiger partial charge in [-0.3, -0.25) is 10.1 Å². The number of nitrogens with zero attached hydrogens (tertiary/aromatic N) is 2. The van der Waals surface area contributed by atoms with Gasteiger partial charge in [-0.25, -0.2) is 13.0 Å². The van der Waals surface area contributed by atoms with Crippen molar-refractivity contribution < 1.29 is 27.3 Å². The molecule has 0 aliphatic rings. The molecule has 176 valence electrons. The fraction of sp³-hybridized carbons (Fsp3) is 0.0909. The van der Waals surface area contributed by atoms with Crippen LogP contribution in [0.1, 0.15) is 5.56 Å². The fourth-order valence-corrected chi connectivity index (χ4v) is 8.07. The van der Waals surface area contributed by atoms with Crippen LogP contribution in [0.5, 0.6) is 5.75 Å². The van der Waals surface area contributed by atoms with Crippen LogP contribution in [0.15, 0.2) is 88.5 Å². The monoisotopic (exact) mass is 518 g/mol. The molecule has 1 N–H and O–H groups in total. The molecule has 0 fully saturated rings. The number of thiophene rings is 1. The zero-order valence-corrected chi connectivity index (χ0v) is 20.1. The lowest BCUT2D eigenvalue weighted by atomic mass is 10.2. The molecule has 4 aromatic rings. The van der Waals surface area contributed by atoms with Crippen LogP contribution < -0.4 is 4.52 Å². The van der Waals surface area contributed by atoms with E-state index in [4.69, 9.17) is 4.52 Å². The molecule has 0 aliphatic heterocycles. The molecule has 0 spiro atoms. The molecule has 0 saturated heterocycles. The van der Waals surface area contributed by atoms with Gasteiger partial charge in [0.25, 0.3) is 15.7 Å². The number of nitro benzene ring substituents is 1. The topological polar surface area (TPSA) is 127 Å². The zero-order chi connectivity index (χ0) is 24.3. The molecular formula is C22H19N2O7PS2. The lowest BCUT2D eigenvalue weighted by molar-refractivity contribution is -0.384. The van der Waals surface area contributed by atoms with Crippen molar-refractivity contribution in [3.8, 4) is 5.75 Å². The van der Waals surface area contributed by atoms with Crippen LogP contribution in [0.25, 0.3) is 10.8 Å². The Morgan fingerprint density at radius 1 is 1.00 bits per heavy atom. The number of hydrogen-bond acceptors (Lipinski definition) is 7. The highest BCUT2D eigenvalue weighted by Gasteiger charge is 2.35. The van der Waals surface area contributed by atoms with E-state index in [1.165, 1.54) is 12.1 Å². The van der Waals surface area contributed by atoms with Crippen LogP contribution >= 0.6 is 18.9 Å². The van der Waals surface area contributed by atoms with Crippen molar-refractivity contribution in [3.63, 3.8) is 0 Å². The van der Waals surface area contributed by atoms with Crippen LogP contribution in [-0.4, -0.2) is 28.8 Å². The number of hydrogen-bond donors (Lipinski definition) is 1. The molecule has 9 nitrogen and oxygen atoms in total. The summed E-state index contributed by atoms with van der Waals surface area (Å²) in [7, 11) is -8.70. The first-order valence-corrected chi connectivity index (χ1v) is 14.0. The van der Waals surface area contributed by atoms with E-state index in [1.54, 1.807) is 60.0 Å². The Bertz CT molecular complexity index is 1470. The van der Waals surface area contributed by atoms with Gasteiger partial charge in [0.2, 0.25) is 0 Å². The summed E-state index contributed by atoms with van der Waals surface area (Å²) in [4.78, 5) is 20.8. The Morgan fingerprint density at radius 3 is 2.32 bits per heavy atom. The molecule has 0 aliphatic carbocycles. The lowest BCUT2D eigenvalue weighted by Crippen LogP contribution is -2.32. The van der Waals surface area contributed by atoms with Gasteiger partial charge in [-0.2, -0.15) is 4.31 Å². The van der Waals surface area contributed by atoms with Crippen LogP contribution in [0, 0.1) is 10.1 Å². The molecule has 12 heteroatoms. The summed E-state index contributed by atoms with van der Waals surface area (Å²) >= 11 is 1.04. The first kappa shape index (κ1) is 24.1. The van der Waals surface area contributed by atoms with E-state index in [2.05, 4.69) is 0 Å². The molecule has 1 atom stereocenters. The highest BCUT2D eigenvalue weighted by atomic mass is 32.2. The van der Waals surface area contributed by atoms with Crippen molar-refractivity contribution in [3.05, 3.63) is 99.9 Å². The minimum atomic E-state index is -4.52. The summed E-state index contributed by atoms with van der Waals surface area (Å²) in [6.07, 6.45) is -0.812. The maximum atomic E-state index is 13.6. The van der Waals surface area contributed by atoms with E-state index in [1.807, 2.05) is 0 Å². The largest absolute Gasteiger partial charge is 0.424 e. The van der Waals surface area contributed by atoms with E-state index < -0.39 is 28.8 Å². The zero-order valence-electron chi connectivity index (χ0n) is 17.6. The highest BCUT2D eigenvalue weighted by Crippen LogP contribution is 2.45. The predicted molar refractivity (Wildman–Crippen MR) is 129 cm³/mol. The minimum absolute atomic E-state index is 0.0642. The van der Waals surface area contributed by atoms with E-state index >= 15 is 0 Å².